The second kappa shape index (κ2) is 316. The van der Waals surface area contributed by atoms with E-state index in [9.17, 15) is 0 Å². The number of hydrogen-bond acceptors (Lipinski definition) is 2. The predicted molar refractivity (Wildman–Crippen MR) is 41.3 cm³/mol. The molecule has 0 aromatic heterocycles. The summed E-state index contributed by atoms with van der Waals surface area (Å²) >= 11 is 0. The fourth-order valence-corrected chi connectivity index (χ4v) is 0. The Morgan fingerprint density at radius 2 is 0.857 bits per heavy atom. The van der Waals surface area contributed by atoms with Crippen LogP contribution in [-0.4, -0.2) is 0 Å². The van der Waals surface area contributed by atoms with Gasteiger partial charge in [0.2, 0.25) is 0 Å². The molecule has 0 rings (SSSR count). The van der Waals surface area contributed by atoms with Gasteiger partial charge in [0.15, 0.2) is 0 Å². The van der Waals surface area contributed by atoms with Crippen molar-refractivity contribution in [1.29, 1.82) is 0 Å². The summed E-state index contributed by atoms with van der Waals surface area (Å²) in [6, 6.07) is 0. The van der Waals surface area contributed by atoms with Crippen molar-refractivity contribution in [2.24, 2.45) is 0 Å². The maximum atomic E-state index is 0. The van der Waals surface area contributed by atoms with E-state index in [0.717, 1.165) is 0 Å². The Morgan fingerprint density at radius 1 is 0.857 bits per heavy atom. The first-order chi connectivity index (χ1) is 0. The van der Waals surface area contributed by atoms with Gasteiger partial charge in [0, 0.05) is 21.4 Å². The number of halogens is 1. The number of rotatable bonds is 0. The molecule has 0 saturated heterocycles. The number of hydrogen-bond donors (Lipinski definition) is 2. The molecule has 5 heteroatoms. The summed E-state index contributed by atoms with van der Waals surface area (Å²) in [5, 5.41) is 0. The first-order valence-electron chi connectivity index (χ1n) is 0. The normalized spacial score (nSPS) is 0. The van der Waals surface area contributed by atoms with Gasteiger partial charge in [0.25, 0.3) is 0 Å². The second-order valence-electron chi connectivity index (χ2n) is 0. The average molecular weight is 179 g/mol. The van der Waals surface area contributed by atoms with Crippen LogP contribution in [0.3, 0.4) is 0 Å². The molecular weight excluding hydrogens is 153 g/mol. The maximum absolute atomic E-state index is 0. The van der Waals surface area contributed by atoms with E-state index in [1.807, 2.05) is 0 Å². The molecule has 0 aromatic carbocycles. The average Bonchev–Trinajstić information content (AvgIpc) is 0. The Bertz CT molecular complexity index is 22.5. The van der Waals surface area contributed by atoms with Crippen molar-refractivity contribution in [3.63, 3.8) is 0 Å². The maximum Gasteiger partial charge on any atom is 0 e. The first kappa shape index (κ1) is 496. The summed E-state index contributed by atoms with van der Waals surface area (Å²) < 4.78 is 0. The molecule has 2 nitrogen and oxygen atoms in total. The molecule has 7 heavy (non-hydrogen) atoms. The quantitative estimate of drug-likeness (QED) is 0.560. The molecule has 0 bridgehead atoms. The third kappa shape index (κ3) is 217. The minimum atomic E-state index is 0. The zero-order valence-corrected chi connectivity index (χ0v) is 5.79. The fraction of sp³-hybridized carbons (Fsp3) is 1.00. The van der Waals surface area contributed by atoms with Crippen LogP contribution in [0, 0.1) is 0 Å². The van der Waals surface area contributed by atoms with Gasteiger partial charge in [-0.05, 0) is 0 Å². The van der Waals surface area contributed by atoms with E-state index >= 15 is 0 Å². The molecule has 0 aliphatic rings. The Morgan fingerprint density at radius 3 is 0.857 bits per heavy atom. The van der Waals surface area contributed by atoms with Gasteiger partial charge in [0.1, 0.15) is 0 Å². The van der Waals surface area contributed by atoms with Gasteiger partial charge in [-0.2, -0.15) is 9.90 Å². The molecule has 0 saturated carbocycles. The first-order valence-corrected chi connectivity index (χ1v) is 0. The van der Waals surface area contributed by atoms with Crippen molar-refractivity contribution in [2.75, 3.05) is 0 Å². The van der Waals surface area contributed by atoms with Gasteiger partial charge in [-0.3, -0.25) is 4.70 Å². The summed E-state index contributed by atoms with van der Waals surface area (Å²) in [6.45, 7) is 0. The zero-order chi connectivity index (χ0) is 0. The topological polar surface area (TPSA) is 70.0 Å². The standard InChI is InChI=1S/2CH4.FH.2H3N.H3P.V.2H2/h2*1H4;1H;3*1H3;;2*1H/i;;;;;;;2*1+2. The molecule has 0 amide bonds. The van der Waals surface area contributed by atoms with Gasteiger partial charge in [0.05, 0.1) is 0 Å². The van der Waals surface area contributed by atoms with E-state index < -0.39 is 0 Å². The Hall–Kier alpha value is 0.864. The van der Waals surface area contributed by atoms with Gasteiger partial charge in [-0.15, -0.1) is 0 Å². The summed E-state index contributed by atoms with van der Waals surface area (Å²) in [6.07, 6.45) is 0. The van der Waals surface area contributed by atoms with Crippen LogP contribution in [-0.2, 0) is 18.6 Å². The Kier molecular flexibility index (Phi) is 22400. The van der Waals surface area contributed by atoms with E-state index in [0.29, 0.717) is 0 Å². The molecule has 1 atom stereocenters. The van der Waals surface area contributed by atoms with E-state index in [1.165, 1.54) is 0 Å². The van der Waals surface area contributed by atoms with E-state index in [4.69, 9.17) is 0 Å². The molecule has 57 valence electrons. The summed E-state index contributed by atoms with van der Waals surface area (Å²) in [4.78, 5) is 0. The van der Waals surface area contributed by atoms with Crippen LogP contribution >= 0.6 is 9.90 Å². The SMILES string of the molecule is C.C.F.N.N.P.[3HH].[3HH].[V]. The monoisotopic (exact) mass is 179 g/mol. The van der Waals surface area contributed by atoms with Crippen LogP contribution in [0.1, 0.15) is 17.7 Å². The van der Waals surface area contributed by atoms with Crippen molar-refractivity contribution in [1.82, 2.24) is 12.3 Å². The van der Waals surface area contributed by atoms with Crippen molar-refractivity contribution in [3.8, 4) is 0 Å². The minimum absolute atomic E-state index is 0. The third-order valence-corrected chi connectivity index (χ3v) is 0. The molecule has 1 radical (unpaired) electrons. The molecule has 0 aliphatic heterocycles. The Labute approximate surface area is 63.8 Å². The van der Waals surface area contributed by atoms with E-state index in [1.54, 1.807) is 0 Å². The van der Waals surface area contributed by atoms with Crippen molar-refractivity contribution >= 4 is 9.90 Å². The molecule has 1 unspecified atom stereocenters. The molecule has 0 aliphatic carbocycles. The smallest absolute Gasteiger partial charge is 0 e. The van der Waals surface area contributed by atoms with Crippen LogP contribution in [0.15, 0.2) is 0 Å². The van der Waals surface area contributed by atoms with Gasteiger partial charge in [-0.25, -0.2) is 0 Å². The minimum Gasteiger partial charge on any atom is -0.344 e. The van der Waals surface area contributed by atoms with Crippen LogP contribution in [0.2, 0.25) is 0 Å². The van der Waals surface area contributed by atoms with E-state index in [2.05, 4.69) is 0 Å². The van der Waals surface area contributed by atoms with Crippen molar-refractivity contribution in [2.45, 2.75) is 14.9 Å². The van der Waals surface area contributed by atoms with Gasteiger partial charge < -0.3 is 12.3 Å². The largest absolute Gasteiger partial charge is 0.344 e. The fourth-order valence-electron chi connectivity index (χ4n) is 0. The second-order valence-corrected chi connectivity index (χ2v) is 0. The molecule has 0 heterocycles. The van der Waals surface area contributed by atoms with Crippen LogP contribution in [0.25, 0.3) is 0 Å². The van der Waals surface area contributed by atoms with E-state index in [-0.39, 0.29) is 63.2 Å². The van der Waals surface area contributed by atoms with Crippen molar-refractivity contribution in [3.05, 3.63) is 0 Å². The van der Waals surface area contributed by atoms with Gasteiger partial charge in [-0.1, -0.05) is 14.9 Å². The van der Waals surface area contributed by atoms with Crippen LogP contribution < -0.4 is 12.3 Å². The van der Waals surface area contributed by atoms with Crippen LogP contribution in [0.4, 0.5) is 4.70 Å². The summed E-state index contributed by atoms with van der Waals surface area (Å²) in [7, 11) is 0. The third-order valence-electron chi connectivity index (χ3n) is 0. The molecule has 0 spiro atoms. The molecule has 6 N–H and O–H groups in total. The Balaban J connectivity index is 0. The molecule has 0 aromatic rings. The summed E-state index contributed by atoms with van der Waals surface area (Å²) in [5.74, 6) is 0. The molecule has 0 fully saturated rings. The van der Waals surface area contributed by atoms with Crippen molar-refractivity contribution < 1.29 is 26.1 Å². The zero-order valence-electron chi connectivity index (χ0n) is 2.98. The predicted octanol–water partition coefficient (Wildman–Crippen LogP) is 2.30. The van der Waals surface area contributed by atoms with Crippen LogP contribution in [0.5, 0.6) is 0 Å². The van der Waals surface area contributed by atoms with Gasteiger partial charge >= 0.3 is 0 Å². The molecular formula is C2H22FN2PV. The summed E-state index contributed by atoms with van der Waals surface area (Å²) in [5.41, 5.74) is 0.